The molecule has 34 atom stereocenters. The summed E-state index contributed by atoms with van der Waals surface area (Å²) < 4.78 is 59.9. The molecule has 5 heterocycles. The molecule has 514 valence electrons. The molecule has 5 saturated heterocycles. The maximum Gasteiger partial charge on any atom is 0.187 e. The van der Waals surface area contributed by atoms with Gasteiger partial charge in [0.2, 0.25) is 0 Å². The molecule has 28 nitrogen and oxygen atoms in total. The minimum Gasteiger partial charge on any atom is -0.394 e. The molecule has 0 bridgehead atoms. The molecule has 5 aliphatic heterocycles. The first kappa shape index (κ1) is 71.6. The number of allylic oxidation sites excluding steroid dienone is 1. The van der Waals surface area contributed by atoms with E-state index < -0.39 is 220 Å². The molecule has 17 N–H and O–H groups in total. The van der Waals surface area contributed by atoms with Crippen molar-refractivity contribution < 1.29 is 139 Å². The number of fused-ring (bicyclic) bond motifs is 5. The minimum atomic E-state index is -1.93. The number of ether oxygens (including phenoxy) is 10. The zero-order valence-corrected chi connectivity index (χ0v) is 52.3. The number of carbonyl (C=O) groups excluding carboxylic acids is 1. The Morgan fingerprint density at radius 3 is 1.63 bits per heavy atom. The highest BCUT2D eigenvalue weighted by atomic mass is 16.8. The lowest BCUT2D eigenvalue weighted by atomic mass is 9.38. The van der Waals surface area contributed by atoms with Gasteiger partial charge in [0, 0.05) is 23.2 Å². The SMILES string of the molecule is C[C@@H]1[C@@H](O)[C@@H](OC[C@H]2O[C@@H](O[C@H](CC[C@@H](C)C3CC[C@@]4(C)C5CC=C6C(CC[C@H](O[C@@H]7O[C@H](CO)[C@@H](O[C@@H]8O[C@H](CO)[C@@H](O)[C@H](O)[C@H]8O)[C@H](O)[C@H]7O)C6(C)C)[C@]5(C)C(=O)C[C@]34C)C(C)(C)O)[C@H](O[C@@H]3O[C@H](CO)[C@@H](O)[C@H](O)[C@H]3O)[C@@H](O)[C@@H]2O)O[C@H](CO)[C@H]1O. The predicted molar refractivity (Wildman–Crippen MR) is 302 cm³/mol. The third-order valence-electron chi connectivity index (χ3n) is 23.0. The number of aliphatic hydroxyl groups excluding tert-OH is 16. The van der Waals surface area contributed by atoms with E-state index in [9.17, 15) is 86.8 Å². The van der Waals surface area contributed by atoms with E-state index in [1.165, 1.54) is 20.8 Å². The Balaban J connectivity index is 0.885. The molecule has 3 unspecified atom stereocenters. The monoisotopic (exact) mass is 1280 g/mol. The van der Waals surface area contributed by atoms with Gasteiger partial charge < -0.3 is 134 Å². The molecule has 4 aliphatic carbocycles. The van der Waals surface area contributed by atoms with Gasteiger partial charge in [0.1, 0.15) is 116 Å². The maximum absolute atomic E-state index is 15.4. The van der Waals surface area contributed by atoms with E-state index in [-0.39, 0.29) is 41.3 Å². The van der Waals surface area contributed by atoms with Crippen LogP contribution in [-0.2, 0) is 52.2 Å². The highest BCUT2D eigenvalue weighted by Gasteiger charge is 2.71. The summed E-state index contributed by atoms with van der Waals surface area (Å²) in [5, 5.41) is 183. The van der Waals surface area contributed by atoms with Crippen molar-refractivity contribution >= 4 is 5.78 Å². The van der Waals surface area contributed by atoms with Gasteiger partial charge in [0.25, 0.3) is 0 Å². The number of hydrogen-bond donors (Lipinski definition) is 17. The first-order valence-electron chi connectivity index (χ1n) is 31.7. The largest absolute Gasteiger partial charge is 0.394 e. The van der Waals surface area contributed by atoms with Gasteiger partial charge in [-0.3, -0.25) is 4.79 Å². The van der Waals surface area contributed by atoms with Crippen LogP contribution in [0.25, 0.3) is 0 Å². The highest BCUT2D eigenvalue weighted by molar-refractivity contribution is 5.88. The van der Waals surface area contributed by atoms with E-state index >= 15 is 4.79 Å². The molecule has 89 heavy (non-hydrogen) atoms. The van der Waals surface area contributed by atoms with Gasteiger partial charge in [-0.2, -0.15) is 0 Å². The van der Waals surface area contributed by atoms with E-state index in [0.717, 1.165) is 18.4 Å². The molecular formula is C61H102O28. The van der Waals surface area contributed by atoms with Crippen LogP contribution in [0.5, 0.6) is 0 Å². The van der Waals surface area contributed by atoms with Crippen molar-refractivity contribution in [2.75, 3.05) is 33.0 Å². The Hall–Kier alpha value is -1.67. The molecule has 0 radical (unpaired) electrons. The molecule has 9 rings (SSSR count). The van der Waals surface area contributed by atoms with E-state index in [4.69, 9.17) is 47.4 Å². The fourth-order valence-corrected chi connectivity index (χ4v) is 17.0. The van der Waals surface area contributed by atoms with Crippen molar-refractivity contribution in [2.24, 2.45) is 51.2 Å². The number of hydrogen-bond acceptors (Lipinski definition) is 28. The number of rotatable bonds is 20. The minimum absolute atomic E-state index is 0.0231. The van der Waals surface area contributed by atoms with Crippen molar-refractivity contribution in [3.8, 4) is 0 Å². The van der Waals surface area contributed by atoms with Crippen molar-refractivity contribution in [1.29, 1.82) is 0 Å². The Morgan fingerprint density at radius 2 is 1.06 bits per heavy atom. The van der Waals surface area contributed by atoms with Gasteiger partial charge in [0.15, 0.2) is 31.5 Å². The Labute approximate surface area is 518 Å². The predicted octanol–water partition coefficient (Wildman–Crippen LogP) is -3.92. The van der Waals surface area contributed by atoms with Gasteiger partial charge in [-0.1, -0.05) is 60.1 Å². The van der Waals surface area contributed by atoms with Crippen LogP contribution >= 0.6 is 0 Å². The first-order valence-corrected chi connectivity index (χ1v) is 31.7. The topological polar surface area (TPSA) is 453 Å². The van der Waals surface area contributed by atoms with Crippen molar-refractivity contribution in [2.45, 2.75) is 279 Å². The third-order valence-corrected chi connectivity index (χ3v) is 23.0. The Kier molecular flexibility index (Phi) is 22.1. The summed E-state index contributed by atoms with van der Waals surface area (Å²) in [5.41, 5.74) is -2.87. The zero-order chi connectivity index (χ0) is 65.5. The number of carbonyl (C=O) groups is 1. The van der Waals surface area contributed by atoms with E-state index in [0.29, 0.717) is 32.1 Å². The molecule has 3 saturated carbocycles. The van der Waals surface area contributed by atoms with Crippen LogP contribution in [0.4, 0.5) is 0 Å². The van der Waals surface area contributed by atoms with Crippen LogP contribution in [0, 0.1) is 51.2 Å². The summed E-state index contributed by atoms with van der Waals surface area (Å²) in [6.07, 6.45) is -33.9. The maximum atomic E-state index is 15.4. The number of aliphatic hydroxyl groups is 17. The zero-order valence-electron chi connectivity index (χ0n) is 52.3. The van der Waals surface area contributed by atoms with Crippen LogP contribution in [0.2, 0.25) is 0 Å². The Morgan fingerprint density at radius 1 is 0.562 bits per heavy atom. The van der Waals surface area contributed by atoms with Crippen molar-refractivity contribution in [1.82, 2.24) is 0 Å². The normalized spacial score (nSPS) is 51.0. The van der Waals surface area contributed by atoms with E-state index in [1.54, 1.807) is 0 Å². The molecule has 0 aromatic rings. The Bertz CT molecular complexity index is 2390. The van der Waals surface area contributed by atoms with E-state index in [1.807, 2.05) is 13.8 Å². The average Bonchev–Trinajstić information content (AvgIpc) is 1.66. The molecule has 8 fully saturated rings. The summed E-state index contributed by atoms with van der Waals surface area (Å²) in [7, 11) is 0. The molecule has 0 spiro atoms. The van der Waals surface area contributed by atoms with Crippen LogP contribution in [0.15, 0.2) is 11.6 Å². The summed E-state index contributed by atoms with van der Waals surface area (Å²) in [6, 6.07) is 0. The second kappa shape index (κ2) is 27.4. The van der Waals surface area contributed by atoms with Crippen molar-refractivity contribution in [3.05, 3.63) is 11.6 Å². The van der Waals surface area contributed by atoms with Gasteiger partial charge >= 0.3 is 0 Å². The van der Waals surface area contributed by atoms with Gasteiger partial charge in [-0.05, 0) is 93.3 Å². The molecular weight excluding hydrogens is 1180 g/mol. The fraction of sp³-hybridized carbons (Fsp3) is 0.951. The summed E-state index contributed by atoms with van der Waals surface area (Å²) >= 11 is 0. The third kappa shape index (κ3) is 12.9. The van der Waals surface area contributed by atoms with Crippen LogP contribution in [0.3, 0.4) is 0 Å². The number of Topliss-reactive ketones (excluding diaryl/α,β-unsaturated/α-hetero) is 1. The molecule has 28 heteroatoms. The van der Waals surface area contributed by atoms with Crippen LogP contribution in [0.1, 0.15) is 114 Å². The lowest BCUT2D eigenvalue weighted by Crippen LogP contribution is -2.65. The lowest BCUT2D eigenvalue weighted by molar-refractivity contribution is -0.380. The van der Waals surface area contributed by atoms with Crippen molar-refractivity contribution in [3.63, 3.8) is 0 Å². The second-order valence-electron chi connectivity index (χ2n) is 28.8. The quantitative estimate of drug-likeness (QED) is 0.0518. The van der Waals surface area contributed by atoms with Crippen LogP contribution < -0.4 is 0 Å². The second-order valence-corrected chi connectivity index (χ2v) is 28.8. The fourth-order valence-electron chi connectivity index (χ4n) is 17.0. The molecule has 0 aromatic carbocycles. The number of ketones is 1. The average molecular weight is 1280 g/mol. The molecule has 9 aliphatic rings. The lowest BCUT2D eigenvalue weighted by Gasteiger charge is -2.65. The van der Waals surface area contributed by atoms with E-state index in [2.05, 4.69) is 33.8 Å². The summed E-state index contributed by atoms with van der Waals surface area (Å²) in [6.45, 7) is 13.9. The van der Waals surface area contributed by atoms with Gasteiger partial charge in [0.05, 0.1) is 56.9 Å². The first-order chi connectivity index (χ1) is 41.7. The summed E-state index contributed by atoms with van der Waals surface area (Å²) in [5.74, 6) is -0.913. The van der Waals surface area contributed by atoms with Crippen LogP contribution in [-0.4, -0.2) is 291 Å². The van der Waals surface area contributed by atoms with Gasteiger partial charge in [-0.25, -0.2) is 0 Å². The molecule has 0 amide bonds. The molecule has 0 aromatic heterocycles. The highest BCUT2D eigenvalue weighted by Crippen LogP contribution is 2.74. The smallest absolute Gasteiger partial charge is 0.187 e. The summed E-state index contributed by atoms with van der Waals surface area (Å²) in [4.78, 5) is 15.4. The van der Waals surface area contributed by atoms with Gasteiger partial charge in [-0.15, -0.1) is 0 Å². The standard InChI is InChI=1S/C61H102O28/c1-24(10-14-37(58(5,6)79)87-56-51(89-55-48(77)44(73)41(70)31(21-64)83-55)45(74)42(71)33(85-56)23-80-52-39(68)25(2)38(67)29(19-62)81-52)26-16-17-59(7)34-13-11-27-28(61(34,9)35(66)18-60(26,59)8)12-15-36(57(27,3)4)86-53-49(78)46(75)50(32(22-65)84-53)88-54-47(76)43(72)40(69)30(20-63)82-54/h11,24-26,28-34,36-56,62-65,67-79H,10,12-23H2,1-9H3/t24-,25+,26?,28?,29-,30-,31-,32-,33-,34?,36+,37-,38+,39-,40-,41-,42-,43+,44+,45+,46-,47-,48-,49-,50-,51-,52+,53+,54+,55+,56+,59+,60-,61+/m1/s1.